The van der Waals surface area contributed by atoms with Crippen LogP contribution in [0, 0.1) is 0 Å². The number of carboxylic acids is 2. The fraction of sp³-hybridized carbons (Fsp3) is 0.824. The van der Waals surface area contributed by atoms with Crippen LogP contribution in [0.25, 0.3) is 0 Å². The van der Waals surface area contributed by atoms with Gasteiger partial charge in [-0.1, -0.05) is 64.7 Å². The van der Waals surface area contributed by atoms with Crippen LogP contribution in [-0.4, -0.2) is 23.9 Å². The summed E-state index contributed by atoms with van der Waals surface area (Å²) in [6, 6.07) is -1.52. The van der Waals surface area contributed by atoms with E-state index in [-0.39, 0.29) is 65.5 Å². The number of unbranched alkanes of at least 4 members (excludes halogenated alkanes) is 9. The van der Waals surface area contributed by atoms with Crippen LogP contribution in [0.1, 0.15) is 84.0 Å². The van der Waals surface area contributed by atoms with Crippen molar-refractivity contribution in [1.82, 2.24) is 5.32 Å². The van der Waals surface area contributed by atoms with Gasteiger partial charge in [0.25, 0.3) is 0 Å². The molecule has 0 aliphatic carbocycles. The van der Waals surface area contributed by atoms with Gasteiger partial charge in [-0.3, -0.25) is 4.79 Å². The third-order valence-electron chi connectivity index (χ3n) is 3.75. The number of rotatable bonds is 15. The average molecular weight is 373 g/mol. The van der Waals surface area contributed by atoms with E-state index in [1.165, 1.54) is 38.5 Å². The maximum absolute atomic E-state index is 11.6. The van der Waals surface area contributed by atoms with E-state index in [1.807, 2.05) is 0 Å². The summed E-state index contributed by atoms with van der Waals surface area (Å²) in [6.07, 6.45) is 10.9. The van der Waals surface area contributed by atoms with Crippen LogP contribution in [0.5, 0.6) is 0 Å². The Morgan fingerprint density at radius 1 is 0.800 bits per heavy atom. The zero-order valence-corrected chi connectivity index (χ0v) is 20.1. The molecule has 0 heterocycles. The predicted molar refractivity (Wildman–Crippen MR) is 83.0 cm³/mol. The van der Waals surface area contributed by atoms with Crippen LogP contribution in [0.15, 0.2) is 0 Å². The Hall–Kier alpha value is 0.410. The van der Waals surface area contributed by atoms with E-state index in [2.05, 4.69) is 12.2 Å². The second-order valence-electron chi connectivity index (χ2n) is 5.95. The third-order valence-corrected chi connectivity index (χ3v) is 3.75. The van der Waals surface area contributed by atoms with Crippen molar-refractivity contribution in [2.75, 3.05) is 0 Å². The van der Waals surface area contributed by atoms with Crippen LogP contribution in [0.3, 0.4) is 0 Å². The van der Waals surface area contributed by atoms with Crippen molar-refractivity contribution >= 4 is 17.8 Å². The van der Waals surface area contributed by atoms with E-state index in [0.717, 1.165) is 19.3 Å². The number of carboxylic acid groups (broad SMARTS) is 2. The minimum Gasteiger partial charge on any atom is -0.550 e. The Bertz CT molecular complexity index is 367. The van der Waals surface area contributed by atoms with Gasteiger partial charge in [0.1, 0.15) is 0 Å². The number of amides is 1. The van der Waals surface area contributed by atoms with Crippen LogP contribution < -0.4 is 74.6 Å². The zero-order valence-electron chi connectivity index (χ0n) is 16.1. The standard InChI is InChI=1S/C17H31NO5.2Na/c1-2-3-4-5-6-7-8-9-10-11-12-15(19)18-14(17(22)23)13-16(20)21;;/h14H,2-13H2,1H3,(H,18,19)(H,20,21)(H,22,23);;/q;2*+1/p-2/t14-;;/m0../s1. The summed E-state index contributed by atoms with van der Waals surface area (Å²) in [5.41, 5.74) is 0. The molecule has 0 fully saturated rings. The Morgan fingerprint density at radius 2 is 1.24 bits per heavy atom. The molecule has 0 radical (unpaired) electrons. The van der Waals surface area contributed by atoms with Crippen molar-refractivity contribution in [2.24, 2.45) is 0 Å². The van der Waals surface area contributed by atoms with E-state index in [4.69, 9.17) is 0 Å². The van der Waals surface area contributed by atoms with E-state index < -0.39 is 30.3 Å². The van der Waals surface area contributed by atoms with Crippen LogP contribution in [-0.2, 0) is 14.4 Å². The van der Waals surface area contributed by atoms with Crippen LogP contribution in [0.4, 0.5) is 0 Å². The summed E-state index contributed by atoms with van der Waals surface area (Å²) >= 11 is 0. The maximum Gasteiger partial charge on any atom is 1.00 e. The number of carbonyl (C=O) groups is 3. The number of hydrogen-bond donors (Lipinski definition) is 1. The number of hydrogen-bond acceptors (Lipinski definition) is 5. The molecule has 0 aliphatic heterocycles. The van der Waals surface area contributed by atoms with Crippen molar-refractivity contribution in [3.05, 3.63) is 0 Å². The summed E-state index contributed by atoms with van der Waals surface area (Å²) in [4.78, 5) is 32.6. The first kappa shape index (κ1) is 30.1. The molecule has 0 aromatic carbocycles. The first-order valence-electron chi connectivity index (χ1n) is 8.67. The van der Waals surface area contributed by atoms with Crippen molar-refractivity contribution in [1.29, 1.82) is 0 Å². The molecule has 0 unspecified atom stereocenters. The van der Waals surface area contributed by atoms with Gasteiger partial charge < -0.3 is 25.1 Å². The molecule has 134 valence electrons. The second kappa shape index (κ2) is 20.7. The summed E-state index contributed by atoms with van der Waals surface area (Å²) in [7, 11) is 0. The normalized spacial score (nSPS) is 10.9. The fourth-order valence-electron chi connectivity index (χ4n) is 2.40. The van der Waals surface area contributed by atoms with Gasteiger partial charge in [0, 0.05) is 18.8 Å². The Morgan fingerprint density at radius 3 is 1.64 bits per heavy atom. The molecular weight excluding hydrogens is 344 g/mol. The van der Waals surface area contributed by atoms with Crippen molar-refractivity contribution in [3.63, 3.8) is 0 Å². The Labute approximate surface area is 195 Å². The molecule has 8 heteroatoms. The van der Waals surface area contributed by atoms with E-state index in [0.29, 0.717) is 6.42 Å². The molecular formula is C17H29NNa2O5. The van der Waals surface area contributed by atoms with Gasteiger partial charge in [-0.05, 0) is 6.42 Å². The van der Waals surface area contributed by atoms with Gasteiger partial charge in [0.15, 0.2) is 0 Å². The van der Waals surface area contributed by atoms with Gasteiger partial charge in [-0.2, -0.15) is 0 Å². The maximum atomic E-state index is 11.6. The molecule has 0 aromatic rings. The largest absolute Gasteiger partial charge is 1.00 e. The Balaban J connectivity index is -0.00000242. The van der Waals surface area contributed by atoms with Crippen molar-refractivity contribution in [3.8, 4) is 0 Å². The smallest absolute Gasteiger partial charge is 0.550 e. The molecule has 0 spiro atoms. The zero-order chi connectivity index (χ0) is 17.5. The van der Waals surface area contributed by atoms with E-state index in [9.17, 15) is 24.6 Å². The van der Waals surface area contributed by atoms with Crippen LogP contribution >= 0.6 is 0 Å². The third kappa shape index (κ3) is 20.6. The number of nitrogens with one attached hydrogen (secondary N) is 1. The molecule has 0 bridgehead atoms. The fourth-order valence-corrected chi connectivity index (χ4v) is 2.40. The van der Waals surface area contributed by atoms with Gasteiger partial charge in [0.05, 0.1) is 12.0 Å². The van der Waals surface area contributed by atoms with Crippen molar-refractivity contribution < 1.29 is 83.7 Å². The first-order chi connectivity index (χ1) is 11.0. The summed E-state index contributed by atoms with van der Waals surface area (Å²) in [6.45, 7) is 2.20. The molecule has 0 saturated heterocycles. The summed E-state index contributed by atoms with van der Waals surface area (Å²) in [5, 5.41) is 23.2. The second-order valence-corrected chi connectivity index (χ2v) is 5.95. The Kier molecular flexibility index (Phi) is 25.0. The quantitative estimate of drug-likeness (QED) is 0.228. The molecule has 6 nitrogen and oxygen atoms in total. The molecule has 0 rings (SSSR count). The monoisotopic (exact) mass is 373 g/mol. The number of aliphatic carboxylic acids is 2. The van der Waals surface area contributed by atoms with Crippen LogP contribution in [0.2, 0.25) is 0 Å². The number of carbonyl (C=O) groups excluding carboxylic acids is 3. The summed E-state index contributed by atoms with van der Waals surface area (Å²) in [5.74, 6) is -3.59. The SMILES string of the molecule is CCCCCCCCCCCCC(=O)N[C@@H](CC(=O)[O-])C(=O)[O-].[Na+].[Na+]. The van der Waals surface area contributed by atoms with E-state index >= 15 is 0 Å². The summed E-state index contributed by atoms with van der Waals surface area (Å²) < 4.78 is 0. The van der Waals surface area contributed by atoms with Gasteiger partial charge in [-0.15, -0.1) is 0 Å². The van der Waals surface area contributed by atoms with Crippen molar-refractivity contribution in [2.45, 2.75) is 90.0 Å². The molecule has 1 amide bonds. The molecule has 25 heavy (non-hydrogen) atoms. The molecule has 1 N–H and O–H groups in total. The molecule has 1 atom stereocenters. The molecule has 0 saturated carbocycles. The minimum absolute atomic E-state index is 0. The van der Waals surface area contributed by atoms with Gasteiger partial charge in [0.2, 0.25) is 5.91 Å². The first-order valence-corrected chi connectivity index (χ1v) is 8.67. The average Bonchev–Trinajstić information content (AvgIpc) is 2.48. The van der Waals surface area contributed by atoms with Gasteiger partial charge in [-0.25, -0.2) is 0 Å². The minimum atomic E-state index is -1.61. The molecule has 0 aliphatic rings. The topological polar surface area (TPSA) is 109 Å². The van der Waals surface area contributed by atoms with Gasteiger partial charge >= 0.3 is 59.1 Å². The predicted octanol–water partition coefficient (Wildman–Crippen LogP) is -5.32. The van der Waals surface area contributed by atoms with E-state index in [1.54, 1.807) is 0 Å². The molecule has 0 aromatic heterocycles.